The fourth-order valence-corrected chi connectivity index (χ4v) is 2.53. The molecule has 0 bridgehead atoms. The number of nitro groups is 1. The number of ketones is 1. The molecule has 2 rings (SSSR count). The van der Waals surface area contributed by atoms with Crippen molar-refractivity contribution in [2.75, 3.05) is 12.9 Å². The largest absolute Gasteiger partial charge is 0.497 e. The van der Waals surface area contributed by atoms with Crippen LogP contribution in [0.3, 0.4) is 0 Å². The van der Waals surface area contributed by atoms with Crippen LogP contribution in [-0.2, 0) is 0 Å². The van der Waals surface area contributed by atoms with E-state index in [0.717, 1.165) is 10.6 Å². The number of carbonyl (C=O) groups is 1. The minimum Gasteiger partial charge on any atom is -0.497 e. The molecule has 5 nitrogen and oxygen atoms in total. The number of hydrogen-bond donors (Lipinski definition) is 0. The van der Waals surface area contributed by atoms with Gasteiger partial charge in [0.05, 0.1) is 17.8 Å². The number of nitro benzene ring substituents is 1. The Balaban J connectivity index is 1.99. The lowest BCUT2D eigenvalue weighted by atomic mass is 10.1. The third kappa shape index (κ3) is 4.06. The predicted molar refractivity (Wildman–Crippen MR) is 81.1 cm³/mol. The van der Waals surface area contributed by atoms with Gasteiger partial charge in [-0.2, -0.15) is 0 Å². The lowest BCUT2D eigenvalue weighted by Gasteiger charge is -2.04. The van der Waals surface area contributed by atoms with Gasteiger partial charge in [0.15, 0.2) is 5.78 Å². The molecule has 0 unspecified atom stereocenters. The number of non-ortho nitro benzene ring substituents is 1. The fraction of sp³-hybridized carbons (Fsp3) is 0.133. The topological polar surface area (TPSA) is 69.4 Å². The van der Waals surface area contributed by atoms with Crippen molar-refractivity contribution < 1.29 is 14.5 Å². The van der Waals surface area contributed by atoms with Crippen LogP contribution in [0.1, 0.15) is 10.4 Å². The molecule has 6 heteroatoms. The van der Waals surface area contributed by atoms with Crippen molar-refractivity contribution in [3.05, 3.63) is 64.2 Å². The smallest absolute Gasteiger partial charge is 0.269 e. The van der Waals surface area contributed by atoms with Crippen LogP contribution in [0, 0.1) is 10.1 Å². The average molecular weight is 303 g/mol. The summed E-state index contributed by atoms with van der Waals surface area (Å²) in [5, 5.41) is 10.6. The molecule has 21 heavy (non-hydrogen) atoms. The molecule has 0 radical (unpaired) electrons. The Kier molecular flexibility index (Phi) is 4.94. The number of Topliss-reactive ketones (excluding diaryl/α,β-unsaturated/α-hetero) is 1. The first-order valence-electron chi connectivity index (χ1n) is 6.14. The van der Waals surface area contributed by atoms with Crippen LogP contribution in [0.5, 0.6) is 5.75 Å². The molecule has 0 saturated carbocycles. The molecule has 108 valence electrons. The summed E-state index contributed by atoms with van der Waals surface area (Å²) in [5.41, 5.74) is 0.447. The third-order valence-corrected chi connectivity index (χ3v) is 3.81. The van der Waals surface area contributed by atoms with Crippen molar-refractivity contribution in [1.82, 2.24) is 0 Å². The molecule has 0 heterocycles. The highest BCUT2D eigenvalue weighted by Crippen LogP contribution is 2.24. The first-order valence-corrected chi connectivity index (χ1v) is 7.13. The Hall–Kier alpha value is -2.34. The Morgan fingerprint density at radius 1 is 1.24 bits per heavy atom. The van der Waals surface area contributed by atoms with Gasteiger partial charge in [-0.1, -0.05) is 6.07 Å². The van der Waals surface area contributed by atoms with Crippen molar-refractivity contribution in [2.45, 2.75) is 4.90 Å². The first kappa shape index (κ1) is 15.1. The van der Waals surface area contributed by atoms with Crippen molar-refractivity contribution in [3.63, 3.8) is 0 Å². The molecule has 0 fully saturated rings. The number of nitrogens with zero attached hydrogens (tertiary/aromatic N) is 1. The summed E-state index contributed by atoms with van der Waals surface area (Å²) in [5.74, 6) is 0.936. The molecule has 0 aliphatic rings. The molecule has 0 N–H and O–H groups in total. The van der Waals surface area contributed by atoms with Crippen LogP contribution < -0.4 is 4.74 Å². The quantitative estimate of drug-likeness (QED) is 0.353. The number of hydrogen-bond acceptors (Lipinski definition) is 5. The van der Waals surface area contributed by atoms with Crippen molar-refractivity contribution in [3.8, 4) is 5.75 Å². The number of rotatable bonds is 6. The van der Waals surface area contributed by atoms with Crippen LogP contribution in [0.2, 0.25) is 0 Å². The minimum atomic E-state index is -0.487. The number of thioether (sulfide) groups is 1. The summed E-state index contributed by atoms with van der Waals surface area (Å²) in [6.45, 7) is 0. The zero-order valence-electron chi connectivity index (χ0n) is 11.3. The average Bonchev–Trinajstić information content (AvgIpc) is 2.53. The van der Waals surface area contributed by atoms with Crippen LogP contribution in [0.25, 0.3) is 0 Å². The molecule has 0 aromatic heterocycles. The van der Waals surface area contributed by atoms with Gasteiger partial charge in [-0.05, 0) is 30.3 Å². The van der Waals surface area contributed by atoms with Crippen molar-refractivity contribution in [2.24, 2.45) is 0 Å². The minimum absolute atomic E-state index is 0.0213. The van der Waals surface area contributed by atoms with Gasteiger partial charge in [0, 0.05) is 22.6 Å². The number of ether oxygens (including phenoxy) is 1. The van der Waals surface area contributed by atoms with Crippen molar-refractivity contribution in [1.29, 1.82) is 0 Å². The highest BCUT2D eigenvalue weighted by molar-refractivity contribution is 8.00. The maximum atomic E-state index is 12.0. The monoisotopic (exact) mass is 303 g/mol. The van der Waals surface area contributed by atoms with Gasteiger partial charge in [0.1, 0.15) is 5.75 Å². The zero-order valence-corrected chi connectivity index (χ0v) is 12.1. The van der Waals surface area contributed by atoms with Gasteiger partial charge in [0.2, 0.25) is 0 Å². The molecular weight excluding hydrogens is 290 g/mol. The second kappa shape index (κ2) is 6.90. The molecule has 0 aliphatic heterocycles. The highest BCUT2D eigenvalue weighted by atomic mass is 32.2. The van der Waals surface area contributed by atoms with Gasteiger partial charge < -0.3 is 4.74 Å². The SMILES string of the molecule is COc1cccc(SCC(=O)c2ccc([N+](=O)[O-])cc2)c1. The van der Waals surface area contributed by atoms with Gasteiger partial charge >= 0.3 is 0 Å². The third-order valence-electron chi connectivity index (χ3n) is 2.81. The standard InChI is InChI=1S/C15H13NO4S/c1-20-13-3-2-4-14(9-13)21-10-15(17)11-5-7-12(8-6-11)16(18)19/h2-9H,10H2,1H3. The number of benzene rings is 2. The van der Waals surface area contributed by atoms with Gasteiger partial charge in [-0.15, -0.1) is 11.8 Å². The first-order chi connectivity index (χ1) is 10.1. The molecular formula is C15H13NO4S. The number of carbonyl (C=O) groups excluding carboxylic acids is 1. The van der Waals surface area contributed by atoms with Crippen LogP contribution >= 0.6 is 11.8 Å². The van der Waals surface area contributed by atoms with E-state index in [1.807, 2.05) is 24.3 Å². The highest BCUT2D eigenvalue weighted by Gasteiger charge is 2.10. The van der Waals surface area contributed by atoms with E-state index < -0.39 is 4.92 Å². The van der Waals surface area contributed by atoms with E-state index in [0.29, 0.717) is 5.56 Å². The molecule has 2 aromatic rings. The lowest BCUT2D eigenvalue weighted by Crippen LogP contribution is -2.02. The van der Waals surface area contributed by atoms with E-state index in [9.17, 15) is 14.9 Å². The van der Waals surface area contributed by atoms with E-state index in [2.05, 4.69) is 0 Å². The summed E-state index contributed by atoms with van der Waals surface area (Å²) in [6.07, 6.45) is 0. The summed E-state index contributed by atoms with van der Waals surface area (Å²) in [6, 6.07) is 13.1. The summed E-state index contributed by atoms with van der Waals surface area (Å²) in [7, 11) is 1.59. The maximum Gasteiger partial charge on any atom is 0.269 e. The summed E-state index contributed by atoms with van der Waals surface area (Å²) >= 11 is 1.40. The number of methoxy groups -OCH3 is 1. The van der Waals surface area contributed by atoms with Gasteiger partial charge in [-0.25, -0.2) is 0 Å². The van der Waals surface area contributed by atoms with Crippen LogP contribution in [0.15, 0.2) is 53.4 Å². The summed E-state index contributed by atoms with van der Waals surface area (Å²) in [4.78, 5) is 23.0. The summed E-state index contributed by atoms with van der Waals surface area (Å²) < 4.78 is 5.12. The van der Waals surface area contributed by atoms with Gasteiger partial charge in [-0.3, -0.25) is 14.9 Å². The molecule has 0 saturated heterocycles. The Morgan fingerprint density at radius 2 is 1.95 bits per heavy atom. The molecule has 0 spiro atoms. The predicted octanol–water partition coefficient (Wildman–Crippen LogP) is 3.58. The normalized spacial score (nSPS) is 10.1. The lowest BCUT2D eigenvalue weighted by molar-refractivity contribution is -0.384. The van der Waals surface area contributed by atoms with Gasteiger partial charge in [0.25, 0.3) is 5.69 Å². The molecule has 2 aromatic carbocycles. The molecule has 0 atom stereocenters. The van der Waals surface area contributed by atoms with E-state index in [-0.39, 0.29) is 17.2 Å². The Morgan fingerprint density at radius 3 is 2.57 bits per heavy atom. The van der Waals surface area contributed by atoms with E-state index in [1.54, 1.807) is 7.11 Å². The molecule has 0 aliphatic carbocycles. The van der Waals surface area contributed by atoms with E-state index in [4.69, 9.17) is 4.74 Å². The Labute approximate surface area is 126 Å². The second-order valence-electron chi connectivity index (χ2n) is 4.19. The van der Waals surface area contributed by atoms with E-state index in [1.165, 1.54) is 36.0 Å². The molecule has 0 amide bonds. The van der Waals surface area contributed by atoms with Crippen molar-refractivity contribution >= 4 is 23.2 Å². The Bertz CT molecular complexity index is 655. The van der Waals surface area contributed by atoms with Crippen LogP contribution in [-0.4, -0.2) is 23.6 Å². The van der Waals surface area contributed by atoms with E-state index >= 15 is 0 Å². The zero-order chi connectivity index (χ0) is 15.2. The second-order valence-corrected chi connectivity index (χ2v) is 5.24. The van der Waals surface area contributed by atoms with Crippen LogP contribution in [0.4, 0.5) is 5.69 Å². The maximum absolute atomic E-state index is 12.0. The fourth-order valence-electron chi connectivity index (χ4n) is 1.69.